The molecule has 0 amide bonds. The molecule has 2 heterocycles. The van der Waals surface area contributed by atoms with E-state index in [0.717, 1.165) is 26.2 Å². The van der Waals surface area contributed by atoms with E-state index in [9.17, 15) is 0 Å². The number of aromatic nitrogens is 2. The number of hydrogen-bond acceptors (Lipinski definition) is 3. The van der Waals surface area contributed by atoms with Gasteiger partial charge in [-0.2, -0.15) is 5.10 Å². The first-order valence-corrected chi connectivity index (χ1v) is 5.23. The fourth-order valence-corrected chi connectivity index (χ4v) is 2.05. The summed E-state index contributed by atoms with van der Waals surface area (Å²) < 4.78 is 1.97. The summed E-state index contributed by atoms with van der Waals surface area (Å²) >= 11 is 0. The van der Waals surface area contributed by atoms with Crippen molar-refractivity contribution in [3.8, 4) is 0 Å². The smallest absolute Gasteiger partial charge is 0.129 e. The zero-order valence-electron chi connectivity index (χ0n) is 8.95. The number of anilines is 1. The number of nitrogens with zero attached hydrogens (tertiary/aromatic N) is 3. The fourth-order valence-electron chi connectivity index (χ4n) is 2.05. The zero-order valence-corrected chi connectivity index (χ0v) is 8.95. The first-order chi connectivity index (χ1) is 6.79. The maximum atomic E-state index is 4.28. The van der Waals surface area contributed by atoms with Gasteiger partial charge in [-0.05, 0) is 19.9 Å². The van der Waals surface area contributed by atoms with Gasteiger partial charge < -0.3 is 10.2 Å². The lowest BCUT2D eigenvalue weighted by atomic mass is 10.3. The molecule has 1 aromatic heterocycles. The van der Waals surface area contributed by atoms with E-state index in [1.54, 1.807) is 0 Å². The average Bonchev–Trinajstić information content (AvgIpc) is 2.45. The average molecular weight is 194 g/mol. The van der Waals surface area contributed by atoms with Crippen LogP contribution in [0.2, 0.25) is 0 Å². The van der Waals surface area contributed by atoms with Gasteiger partial charge in [-0.15, -0.1) is 0 Å². The van der Waals surface area contributed by atoms with Crippen LogP contribution < -0.4 is 10.2 Å². The number of rotatable bonds is 1. The van der Waals surface area contributed by atoms with Crippen molar-refractivity contribution in [3.63, 3.8) is 0 Å². The molecule has 0 bridgehead atoms. The molecule has 4 heteroatoms. The third-order valence-electron chi connectivity index (χ3n) is 2.72. The molecular weight excluding hydrogens is 176 g/mol. The van der Waals surface area contributed by atoms with E-state index in [1.807, 2.05) is 17.9 Å². The molecular formula is C10H18N4. The predicted octanol–water partition coefficient (Wildman–Crippen LogP) is 0.528. The SMILES string of the molecule is Cc1cnn(C)c1N1CCCNCC1. The van der Waals surface area contributed by atoms with Crippen molar-refractivity contribution in [1.82, 2.24) is 15.1 Å². The normalized spacial score (nSPS) is 18.3. The lowest BCUT2D eigenvalue weighted by Gasteiger charge is -2.22. The minimum absolute atomic E-state index is 1.07. The van der Waals surface area contributed by atoms with Crippen molar-refractivity contribution in [2.75, 3.05) is 31.1 Å². The lowest BCUT2D eigenvalue weighted by Crippen LogP contribution is -2.30. The van der Waals surface area contributed by atoms with E-state index < -0.39 is 0 Å². The monoisotopic (exact) mass is 194 g/mol. The summed E-state index contributed by atoms with van der Waals surface area (Å²) in [6.45, 7) is 6.55. The Morgan fingerprint density at radius 1 is 1.36 bits per heavy atom. The van der Waals surface area contributed by atoms with Crippen LogP contribution in [0.3, 0.4) is 0 Å². The van der Waals surface area contributed by atoms with Gasteiger partial charge in [0.2, 0.25) is 0 Å². The van der Waals surface area contributed by atoms with Crippen LogP contribution in [0.25, 0.3) is 0 Å². The van der Waals surface area contributed by atoms with Gasteiger partial charge in [0.15, 0.2) is 0 Å². The van der Waals surface area contributed by atoms with Gasteiger partial charge in [0.1, 0.15) is 5.82 Å². The van der Waals surface area contributed by atoms with Crippen LogP contribution in [0, 0.1) is 6.92 Å². The number of hydrogen-bond donors (Lipinski definition) is 1. The van der Waals surface area contributed by atoms with Crippen LogP contribution in [0.15, 0.2) is 6.20 Å². The van der Waals surface area contributed by atoms with Crippen LogP contribution in [-0.2, 0) is 7.05 Å². The molecule has 1 saturated heterocycles. The van der Waals surface area contributed by atoms with Crippen molar-refractivity contribution in [2.45, 2.75) is 13.3 Å². The summed E-state index contributed by atoms with van der Waals surface area (Å²) in [6, 6.07) is 0. The molecule has 1 aliphatic heterocycles. The molecule has 4 nitrogen and oxygen atoms in total. The maximum absolute atomic E-state index is 4.28. The Hall–Kier alpha value is -1.03. The van der Waals surface area contributed by atoms with Crippen molar-refractivity contribution < 1.29 is 0 Å². The molecule has 1 aliphatic rings. The summed E-state index contributed by atoms with van der Waals surface area (Å²) in [5.41, 5.74) is 1.27. The standard InChI is InChI=1S/C10H18N4/c1-9-8-12-13(2)10(9)14-6-3-4-11-5-7-14/h8,11H,3-7H2,1-2H3. The van der Waals surface area contributed by atoms with Gasteiger partial charge in [0, 0.05) is 32.2 Å². The largest absolute Gasteiger partial charge is 0.355 e. The molecule has 0 aliphatic carbocycles. The Morgan fingerprint density at radius 2 is 2.21 bits per heavy atom. The first-order valence-electron chi connectivity index (χ1n) is 5.23. The first kappa shape index (κ1) is 9.52. The molecule has 78 valence electrons. The molecule has 0 radical (unpaired) electrons. The highest BCUT2D eigenvalue weighted by Gasteiger charge is 2.14. The minimum atomic E-state index is 1.07. The van der Waals surface area contributed by atoms with E-state index in [0.29, 0.717) is 0 Å². The molecule has 1 aromatic rings. The second-order valence-corrected chi connectivity index (χ2v) is 3.87. The molecule has 0 atom stereocenters. The molecule has 0 spiro atoms. The number of nitrogens with one attached hydrogen (secondary N) is 1. The predicted molar refractivity (Wildman–Crippen MR) is 57.6 cm³/mol. The highest BCUT2D eigenvalue weighted by molar-refractivity contribution is 5.46. The molecule has 0 aromatic carbocycles. The van der Waals surface area contributed by atoms with Crippen molar-refractivity contribution in [3.05, 3.63) is 11.8 Å². The van der Waals surface area contributed by atoms with Crippen LogP contribution in [-0.4, -0.2) is 36.0 Å². The maximum Gasteiger partial charge on any atom is 0.129 e. The molecule has 14 heavy (non-hydrogen) atoms. The highest BCUT2D eigenvalue weighted by Crippen LogP contribution is 2.18. The lowest BCUT2D eigenvalue weighted by molar-refractivity contribution is 0.707. The Bertz CT molecular complexity index is 278. The Balaban J connectivity index is 2.19. The van der Waals surface area contributed by atoms with E-state index in [1.165, 1.54) is 17.8 Å². The van der Waals surface area contributed by atoms with Gasteiger partial charge in [-0.25, -0.2) is 0 Å². The van der Waals surface area contributed by atoms with E-state index in [-0.39, 0.29) is 0 Å². The Labute approximate surface area is 84.9 Å². The Kier molecular flexibility index (Phi) is 2.72. The molecule has 0 unspecified atom stereocenters. The van der Waals surface area contributed by atoms with Gasteiger partial charge in [-0.1, -0.05) is 0 Å². The second kappa shape index (κ2) is 4.00. The molecule has 1 fully saturated rings. The van der Waals surface area contributed by atoms with E-state index in [2.05, 4.69) is 22.2 Å². The van der Waals surface area contributed by atoms with Crippen molar-refractivity contribution >= 4 is 5.82 Å². The van der Waals surface area contributed by atoms with Crippen LogP contribution in [0.5, 0.6) is 0 Å². The highest BCUT2D eigenvalue weighted by atomic mass is 15.4. The second-order valence-electron chi connectivity index (χ2n) is 3.87. The Morgan fingerprint density at radius 3 is 2.93 bits per heavy atom. The summed E-state index contributed by atoms with van der Waals surface area (Å²) in [5.74, 6) is 1.27. The summed E-state index contributed by atoms with van der Waals surface area (Å²) in [4.78, 5) is 2.42. The van der Waals surface area contributed by atoms with Crippen molar-refractivity contribution in [2.24, 2.45) is 7.05 Å². The van der Waals surface area contributed by atoms with Gasteiger partial charge >= 0.3 is 0 Å². The van der Waals surface area contributed by atoms with Crippen molar-refractivity contribution in [1.29, 1.82) is 0 Å². The van der Waals surface area contributed by atoms with Crippen LogP contribution in [0.4, 0.5) is 5.82 Å². The summed E-state index contributed by atoms with van der Waals surface area (Å²) in [6.07, 6.45) is 3.15. The minimum Gasteiger partial charge on any atom is -0.355 e. The topological polar surface area (TPSA) is 33.1 Å². The summed E-state index contributed by atoms with van der Waals surface area (Å²) in [7, 11) is 2.01. The van der Waals surface area contributed by atoms with E-state index >= 15 is 0 Å². The van der Waals surface area contributed by atoms with Gasteiger partial charge in [0.05, 0.1) is 6.20 Å². The van der Waals surface area contributed by atoms with Crippen LogP contribution in [0.1, 0.15) is 12.0 Å². The van der Waals surface area contributed by atoms with Gasteiger partial charge in [-0.3, -0.25) is 4.68 Å². The van der Waals surface area contributed by atoms with Gasteiger partial charge in [0.25, 0.3) is 0 Å². The third kappa shape index (κ3) is 1.75. The molecule has 2 rings (SSSR count). The quantitative estimate of drug-likeness (QED) is 0.708. The molecule has 0 saturated carbocycles. The fraction of sp³-hybridized carbons (Fsp3) is 0.700. The third-order valence-corrected chi connectivity index (χ3v) is 2.72. The molecule has 1 N–H and O–H groups in total. The number of aryl methyl sites for hydroxylation is 2. The zero-order chi connectivity index (χ0) is 9.97. The van der Waals surface area contributed by atoms with Crippen LogP contribution >= 0.6 is 0 Å². The summed E-state index contributed by atoms with van der Waals surface area (Å²) in [5, 5.41) is 7.68. The van der Waals surface area contributed by atoms with E-state index in [4.69, 9.17) is 0 Å².